The van der Waals surface area contributed by atoms with Gasteiger partial charge >= 0.3 is 0 Å². The lowest BCUT2D eigenvalue weighted by molar-refractivity contribution is 0.633. The van der Waals surface area contributed by atoms with Crippen LogP contribution in [0.5, 0.6) is 0 Å². The van der Waals surface area contributed by atoms with Gasteiger partial charge in [0.1, 0.15) is 0 Å². The molecular formula is C12H13BrN2. The van der Waals surface area contributed by atoms with Gasteiger partial charge < -0.3 is 4.90 Å². The molecule has 0 aliphatic carbocycles. The summed E-state index contributed by atoms with van der Waals surface area (Å²) in [5.74, 6) is 0. The fourth-order valence-corrected chi connectivity index (χ4v) is 1.74. The molecular weight excluding hydrogens is 252 g/mol. The van der Waals surface area contributed by atoms with Gasteiger partial charge in [0.2, 0.25) is 0 Å². The molecule has 1 heterocycles. The van der Waals surface area contributed by atoms with Crippen LogP contribution in [0.1, 0.15) is 19.8 Å². The zero-order valence-electron chi connectivity index (χ0n) is 8.70. The lowest BCUT2D eigenvalue weighted by atomic mass is 10.1. The van der Waals surface area contributed by atoms with Crippen LogP contribution in [0, 0.1) is 11.3 Å². The van der Waals surface area contributed by atoms with Crippen LogP contribution in [0.2, 0.25) is 0 Å². The first-order chi connectivity index (χ1) is 7.22. The molecule has 2 nitrogen and oxygen atoms in total. The number of allylic oxidation sites excluding steroid dienone is 4. The Morgan fingerprint density at radius 2 is 2.40 bits per heavy atom. The maximum Gasteiger partial charge on any atom is 0.0969 e. The molecule has 15 heavy (non-hydrogen) atoms. The number of rotatable bonds is 3. The molecule has 0 amide bonds. The Bertz CT molecular complexity index is 383. The summed E-state index contributed by atoms with van der Waals surface area (Å²) in [7, 11) is 0. The standard InChI is InChI=1S/C12H13BrN2/c1-3-5-10(8-14)12-7-6-11(13)9-15(12)4-2/h4,6-7,9H,2-3,5H2,1H3/b12-10+. The Hall–Kier alpha value is -1.27. The van der Waals surface area contributed by atoms with Crippen molar-refractivity contribution in [2.45, 2.75) is 19.8 Å². The summed E-state index contributed by atoms with van der Waals surface area (Å²) in [4.78, 5) is 1.86. The van der Waals surface area contributed by atoms with E-state index in [1.54, 1.807) is 6.20 Å². The van der Waals surface area contributed by atoms with Crippen molar-refractivity contribution < 1.29 is 0 Å². The summed E-state index contributed by atoms with van der Waals surface area (Å²) < 4.78 is 0.972. The summed E-state index contributed by atoms with van der Waals surface area (Å²) >= 11 is 3.39. The molecule has 0 aromatic carbocycles. The van der Waals surface area contributed by atoms with Gasteiger partial charge in [0.15, 0.2) is 0 Å². The van der Waals surface area contributed by atoms with Crippen molar-refractivity contribution >= 4 is 15.9 Å². The molecule has 3 heteroatoms. The summed E-state index contributed by atoms with van der Waals surface area (Å²) in [5, 5.41) is 9.05. The first-order valence-corrected chi connectivity index (χ1v) is 5.61. The van der Waals surface area contributed by atoms with Crippen molar-refractivity contribution in [2.75, 3.05) is 0 Å². The van der Waals surface area contributed by atoms with Gasteiger partial charge in [-0.2, -0.15) is 5.26 Å². The lowest BCUT2D eigenvalue weighted by Gasteiger charge is -2.21. The Morgan fingerprint density at radius 1 is 1.67 bits per heavy atom. The van der Waals surface area contributed by atoms with Gasteiger partial charge in [-0.25, -0.2) is 0 Å². The second kappa shape index (κ2) is 5.57. The minimum Gasteiger partial charge on any atom is -0.322 e. The highest BCUT2D eigenvalue weighted by Gasteiger charge is 2.11. The second-order valence-electron chi connectivity index (χ2n) is 3.16. The monoisotopic (exact) mass is 264 g/mol. The van der Waals surface area contributed by atoms with E-state index in [-0.39, 0.29) is 0 Å². The van der Waals surface area contributed by atoms with Crippen molar-refractivity contribution in [2.24, 2.45) is 0 Å². The topological polar surface area (TPSA) is 27.0 Å². The fourth-order valence-electron chi connectivity index (χ4n) is 1.39. The van der Waals surface area contributed by atoms with Gasteiger partial charge in [-0.05, 0) is 34.5 Å². The van der Waals surface area contributed by atoms with Crippen LogP contribution in [-0.2, 0) is 0 Å². The molecule has 1 aliphatic rings. The Labute approximate surface area is 99.0 Å². The molecule has 78 valence electrons. The van der Waals surface area contributed by atoms with E-state index < -0.39 is 0 Å². The average Bonchev–Trinajstić information content (AvgIpc) is 2.26. The molecule has 0 aromatic heterocycles. The maximum atomic E-state index is 9.05. The number of nitriles is 1. The van der Waals surface area contributed by atoms with Crippen LogP contribution in [0.3, 0.4) is 0 Å². The molecule has 0 atom stereocenters. The molecule has 0 saturated carbocycles. The van der Waals surface area contributed by atoms with Crippen LogP contribution in [0.4, 0.5) is 0 Å². The minimum absolute atomic E-state index is 0.796. The Morgan fingerprint density at radius 3 is 2.93 bits per heavy atom. The first kappa shape index (κ1) is 11.8. The van der Waals surface area contributed by atoms with Crippen molar-refractivity contribution in [1.29, 1.82) is 5.26 Å². The zero-order chi connectivity index (χ0) is 11.3. The summed E-state index contributed by atoms with van der Waals surface area (Å²) in [6.45, 7) is 5.79. The molecule has 0 saturated heterocycles. The van der Waals surface area contributed by atoms with Crippen LogP contribution < -0.4 is 0 Å². The third kappa shape index (κ3) is 2.84. The van der Waals surface area contributed by atoms with Crippen LogP contribution in [0.15, 0.2) is 46.9 Å². The van der Waals surface area contributed by atoms with E-state index in [1.807, 2.05) is 23.3 Å². The van der Waals surface area contributed by atoms with E-state index in [4.69, 9.17) is 5.26 Å². The first-order valence-electron chi connectivity index (χ1n) is 4.82. The van der Waals surface area contributed by atoms with Crippen LogP contribution in [0.25, 0.3) is 0 Å². The van der Waals surface area contributed by atoms with Gasteiger partial charge in [-0.1, -0.05) is 19.9 Å². The molecule has 0 aromatic rings. The van der Waals surface area contributed by atoms with Gasteiger partial charge in [-0.3, -0.25) is 0 Å². The fraction of sp³-hybridized carbons (Fsp3) is 0.250. The Balaban J connectivity index is 3.09. The predicted molar refractivity (Wildman–Crippen MR) is 65.7 cm³/mol. The quantitative estimate of drug-likeness (QED) is 0.725. The van der Waals surface area contributed by atoms with Gasteiger partial charge in [0, 0.05) is 16.9 Å². The van der Waals surface area contributed by atoms with Crippen LogP contribution in [-0.4, -0.2) is 4.90 Å². The van der Waals surface area contributed by atoms with E-state index >= 15 is 0 Å². The normalized spacial score (nSPS) is 18.2. The Kier molecular flexibility index (Phi) is 4.38. The number of halogens is 1. The molecule has 0 radical (unpaired) electrons. The smallest absolute Gasteiger partial charge is 0.0969 e. The zero-order valence-corrected chi connectivity index (χ0v) is 10.3. The molecule has 0 N–H and O–H groups in total. The van der Waals surface area contributed by atoms with Gasteiger partial charge in [0.25, 0.3) is 0 Å². The summed E-state index contributed by atoms with van der Waals surface area (Å²) in [6, 6.07) is 2.25. The number of hydrogen-bond acceptors (Lipinski definition) is 2. The van der Waals surface area contributed by atoms with Crippen molar-refractivity contribution in [3.05, 3.63) is 46.9 Å². The van der Waals surface area contributed by atoms with Crippen molar-refractivity contribution in [3.8, 4) is 6.07 Å². The maximum absolute atomic E-state index is 9.05. The SMILES string of the molecule is C=CN1C=C(Br)C=C/C1=C(\C#N)CCC. The molecule has 0 unspecified atom stereocenters. The van der Waals surface area contributed by atoms with Crippen molar-refractivity contribution in [3.63, 3.8) is 0 Å². The highest BCUT2D eigenvalue weighted by atomic mass is 79.9. The third-order valence-electron chi connectivity index (χ3n) is 2.08. The molecule has 1 rings (SSSR count). The highest BCUT2D eigenvalue weighted by Crippen LogP contribution is 2.24. The molecule has 0 bridgehead atoms. The summed E-state index contributed by atoms with van der Waals surface area (Å²) in [5.41, 5.74) is 1.71. The largest absolute Gasteiger partial charge is 0.322 e. The second-order valence-corrected chi connectivity index (χ2v) is 4.08. The van der Waals surface area contributed by atoms with Gasteiger partial charge in [0.05, 0.1) is 17.3 Å². The predicted octanol–water partition coefficient (Wildman–Crippen LogP) is 3.82. The van der Waals surface area contributed by atoms with E-state index in [1.165, 1.54) is 0 Å². The lowest BCUT2D eigenvalue weighted by Crippen LogP contribution is -2.12. The van der Waals surface area contributed by atoms with E-state index in [0.29, 0.717) is 0 Å². The van der Waals surface area contributed by atoms with E-state index in [2.05, 4.69) is 35.5 Å². The van der Waals surface area contributed by atoms with E-state index in [0.717, 1.165) is 28.6 Å². The highest BCUT2D eigenvalue weighted by molar-refractivity contribution is 9.11. The van der Waals surface area contributed by atoms with Crippen molar-refractivity contribution in [1.82, 2.24) is 4.90 Å². The third-order valence-corrected chi connectivity index (χ3v) is 2.55. The molecule has 1 aliphatic heterocycles. The van der Waals surface area contributed by atoms with E-state index in [9.17, 15) is 0 Å². The van der Waals surface area contributed by atoms with Gasteiger partial charge in [-0.15, -0.1) is 0 Å². The summed E-state index contributed by atoms with van der Waals surface area (Å²) in [6.07, 6.45) is 9.23. The molecule has 0 fully saturated rings. The molecule has 0 spiro atoms. The van der Waals surface area contributed by atoms with Crippen LogP contribution >= 0.6 is 15.9 Å². The minimum atomic E-state index is 0.796. The number of nitrogens with zero attached hydrogens (tertiary/aromatic N) is 2. The average molecular weight is 265 g/mol. The number of hydrogen-bond donors (Lipinski definition) is 0.